The fraction of sp³-hybridized carbons (Fsp3) is 0.186. The second-order valence-corrected chi connectivity index (χ2v) is 28.8. The van der Waals surface area contributed by atoms with E-state index in [-0.39, 0.29) is 0 Å². The number of rotatable bonds is 9. The molecule has 0 nitrogen and oxygen atoms in total. The summed E-state index contributed by atoms with van der Waals surface area (Å²) >= 11 is 0. The van der Waals surface area contributed by atoms with Gasteiger partial charge in [-0.2, -0.15) is 0 Å². The Balaban J connectivity index is 1.07. The molecule has 0 saturated heterocycles. The van der Waals surface area contributed by atoms with Crippen LogP contribution in [0, 0.1) is 0 Å². The first-order valence-corrected chi connectivity index (χ1v) is 28.0. The number of hydrogen-bond donors (Lipinski definition) is 0. The zero-order valence-electron chi connectivity index (χ0n) is 35.5. The van der Waals surface area contributed by atoms with E-state index in [9.17, 15) is 0 Å². The van der Waals surface area contributed by atoms with Crippen molar-refractivity contribution in [3.05, 3.63) is 239 Å². The molecule has 4 aliphatic rings. The first-order chi connectivity index (χ1) is 30.0. The van der Waals surface area contributed by atoms with Crippen molar-refractivity contribution in [3.8, 4) is 44.5 Å². The highest BCUT2D eigenvalue weighted by Gasteiger charge is 2.58. The van der Waals surface area contributed by atoms with Crippen molar-refractivity contribution in [1.82, 2.24) is 0 Å². The van der Waals surface area contributed by atoms with Gasteiger partial charge in [-0.05, 0) is 94.6 Å². The standard InChI is InChI=1S/C59H52Si2/c1-39(2)61(58-52-33-16-8-25-44(52)45-26-9-17-34-53(45)58,59-54-35-18-10-27-46(54)47-28-11-19-36-55(47)59)38-20-37-60(3,56-48-29-12-4-21-40(48)41-22-5-13-30-49(41)56)57-50-31-14-6-23-42(50)43-24-7-15-32-51(43)57/h4-19,21-36,39,56-59H,20,37-38H2,1-3H3. The van der Waals surface area contributed by atoms with E-state index in [1.165, 1.54) is 63.0 Å². The van der Waals surface area contributed by atoms with Crippen LogP contribution in [0.25, 0.3) is 44.5 Å². The van der Waals surface area contributed by atoms with E-state index in [0.29, 0.717) is 27.7 Å². The minimum absolute atomic E-state index is 0.401. The highest BCUT2D eigenvalue weighted by atomic mass is 28.3. The molecule has 8 aromatic carbocycles. The van der Waals surface area contributed by atoms with Crippen molar-refractivity contribution >= 4 is 16.1 Å². The van der Waals surface area contributed by atoms with Crippen LogP contribution in [0.2, 0.25) is 24.2 Å². The second kappa shape index (κ2) is 14.1. The Kier molecular flexibility index (Phi) is 8.57. The minimum Gasteiger partial charge on any atom is -0.0677 e. The van der Waals surface area contributed by atoms with Crippen LogP contribution in [0.15, 0.2) is 194 Å². The maximum Gasteiger partial charge on any atom is 0.0815 e. The van der Waals surface area contributed by atoms with E-state index in [0.717, 1.165) is 0 Å². The molecule has 0 radical (unpaired) electrons. The molecule has 0 heterocycles. The van der Waals surface area contributed by atoms with Gasteiger partial charge in [-0.15, -0.1) is 0 Å². The lowest BCUT2D eigenvalue weighted by Gasteiger charge is -2.48. The van der Waals surface area contributed by atoms with Crippen molar-refractivity contribution in [2.45, 2.75) is 66.6 Å². The quantitative estimate of drug-likeness (QED) is 0.127. The van der Waals surface area contributed by atoms with Crippen LogP contribution < -0.4 is 0 Å². The maximum absolute atomic E-state index is 2.83. The molecule has 2 heteroatoms. The van der Waals surface area contributed by atoms with Crippen molar-refractivity contribution in [2.24, 2.45) is 0 Å². The molecule has 0 amide bonds. The molecule has 0 aromatic heterocycles. The van der Waals surface area contributed by atoms with Crippen LogP contribution in [-0.4, -0.2) is 16.1 Å². The van der Waals surface area contributed by atoms with Crippen molar-refractivity contribution in [2.75, 3.05) is 0 Å². The largest absolute Gasteiger partial charge is 0.0815 e. The Labute approximate surface area is 364 Å². The molecule has 0 aliphatic heterocycles. The Morgan fingerprint density at radius 2 is 0.525 bits per heavy atom. The molecule has 296 valence electrons. The van der Waals surface area contributed by atoms with Gasteiger partial charge in [0.25, 0.3) is 0 Å². The molecule has 0 unspecified atom stereocenters. The van der Waals surface area contributed by atoms with Gasteiger partial charge in [0.15, 0.2) is 0 Å². The SMILES string of the molecule is CC(C)[Si](CCC[Si](C)(C1c2ccccc2-c2ccccc21)C1c2ccccc2-c2ccccc21)(C1c2ccccc2-c2ccccc21)C1c2ccccc2-c2ccccc21. The van der Waals surface area contributed by atoms with Crippen LogP contribution in [-0.2, 0) is 0 Å². The lowest BCUT2D eigenvalue weighted by molar-refractivity contribution is 0.817. The Bertz CT molecular complexity index is 2640. The summed E-state index contributed by atoms with van der Waals surface area (Å²) in [6.07, 6.45) is 1.23. The molecule has 8 aromatic rings. The van der Waals surface area contributed by atoms with Gasteiger partial charge in [-0.3, -0.25) is 0 Å². The Hall–Kier alpha value is -5.81. The molecule has 0 fully saturated rings. The van der Waals surface area contributed by atoms with Gasteiger partial charge in [0.05, 0.1) is 16.1 Å². The average molecular weight is 817 g/mol. The van der Waals surface area contributed by atoms with Gasteiger partial charge in [-0.1, -0.05) is 233 Å². The van der Waals surface area contributed by atoms with Crippen LogP contribution in [0.4, 0.5) is 0 Å². The highest BCUT2D eigenvalue weighted by molar-refractivity contribution is 6.86. The van der Waals surface area contributed by atoms with Crippen LogP contribution in [0.1, 0.15) is 86.9 Å². The van der Waals surface area contributed by atoms with Crippen molar-refractivity contribution in [3.63, 3.8) is 0 Å². The molecule has 0 atom stereocenters. The first-order valence-electron chi connectivity index (χ1n) is 22.7. The van der Waals surface area contributed by atoms with E-state index < -0.39 is 16.1 Å². The third-order valence-electron chi connectivity index (χ3n) is 16.1. The normalized spacial score (nSPS) is 15.2. The lowest BCUT2D eigenvalue weighted by Crippen LogP contribution is -2.51. The molecular weight excluding hydrogens is 765 g/mol. The average Bonchev–Trinajstić information content (AvgIpc) is 4.04. The molecule has 0 N–H and O–H groups in total. The van der Waals surface area contributed by atoms with Crippen LogP contribution in [0.5, 0.6) is 0 Å². The molecule has 61 heavy (non-hydrogen) atoms. The third-order valence-corrected chi connectivity index (χ3v) is 28.2. The number of hydrogen-bond acceptors (Lipinski definition) is 0. The van der Waals surface area contributed by atoms with Gasteiger partial charge in [0.2, 0.25) is 0 Å². The van der Waals surface area contributed by atoms with Gasteiger partial charge < -0.3 is 0 Å². The molecule has 4 aliphatic carbocycles. The maximum atomic E-state index is 2.83. The predicted octanol–water partition coefficient (Wildman–Crippen LogP) is 15.7. The van der Waals surface area contributed by atoms with Crippen LogP contribution >= 0.6 is 0 Å². The summed E-state index contributed by atoms with van der Waals surface area (Å²) in [5, 5.41) is 0. The van der Waals surface area contributed by atoms with E-state index in [2.05, 4.69) is 215 Å². The van der Waals surface area contributed by atoms with Gasteiger partial charge in [0.1, 0.15) is 0 Å². The zero-order chi connectivity index (χ0) is 40.9. The zero-order valence-corrected chi connectivity index (χ0v) is 37.5. The lowest BCUT2D eigenvalue weighted by atomic mass is 10.1. The summed E-state index contributed by atoms with van der Waals surface area (Å²) in [7, 11) is -4.82. The van der Waals surface area contributed by atoms with E-state index in [1.807, 2.05) is 0 Å². The summed E-state index contributed by atoms with van der Waals surface area (Å²) in [5.41, 5.74) is 26.3. The number of benzene rings is 8. The summed E-state index contributed by atoms with van der Waals surface area (Å²) in [6, 6.07) is 78.4. The molecule has 12 rings (SSSR count). The number of fused-ring (bicyclic) bond motifs is 12. The van der Waals surface area contributed by atoms with Gasteiger partial charge >= 0.3 is 0 Å². The Morgan fingerprint density at radius 3 is 0.754 bits per heavy atom. The topological polar surface area (TPSA) is 0 Å². The van der Waals surface area contributed by atoms with Crippen molar-refractivity contribution in [1.29, 1.82) is 0 Å². The summed E-state index contributed by atoms with van der Waals surface area (Å²) in [5.74, 6) is 0. The third kappa shape index (κ3) is 5.22. The summed E-state index contributed by atoms with van der Waals surface area (Å²) in [4.78, 5) is 0. The fourth-order valence-electron chi connectivity index (χ4n) is 13.8. The fourth-order valence-corrected chi connectivity index (χ4v) is 26.8. The second-order valence-electron chi connectivity index (χ2n) is 19.1. The molecule has 0 bridgehead atoms. The van der Waals surface area contributed by atoms with E-state index in [1.54, 1.807) is 44.5 Å². The van der Waals surface area contributed by atoms with E-state index >= 15 is 0 Å². The highest BCUT2D eigenvalue weighted by Crippen LogP contribution is 2.64. The molecular formula is C59H52Si2. The smallest absolute Gasteiger partial charge is 0.0677 e. The van der Waals surface area contributed by atoms with Crippen molar-refractivity contribution < 1.29 is 0 Å². The first kappa shape index (κ1) is 37.0. The molecule has 0 spiro atoms. The van der Waals surface area contributed by atoms with Crippen LogP contribution in [0.3, 0.4) is 0 Å². The summed E-state index contributed by atoms with van der Waals surface area (Å²) in [6.45, 7) is 8.09. The minimum atomic E-state index is -2.46. The summed E-state index contributed by atoms with van der Waals surface area (Å²) < 4.78 is 0. The monoisotopic (exact) mass is 816 g/mol. The molecule has 0 saturated carbocycles. The van der Waals surface area contributed by atoms with Gasteiger partial charge in [-0.25, -0.2) is 0 Å². The predicted molar refractivity (Wildman–Crippen MR) is 262 cm³/mol. The Morgan fingerprint density at radius 1 is 0.311 bits per heavy atom. The van der Waals surface area contributed by atoms with Gasteiger partial charge in [0, 0.05) is 22.2 Å². The van der Waals surface area contributed by atoms with E-state index in [4.69, 9.17) is 0 Å².